The number of nitrogens with zero attached hydrogens (tertiary/aromatic N) is 1. The zero-order valence-corrected chi connectivity index (χ0v) is 17.3. The van der Waals surface area contributed by atoms with Crippen LogP contribution in [-0.2, 0) is 10.0 Å². The Labute approximate surface area is 168 Å². The number of hydrazone groups is 1. The summed E-state index contributed by atoms with van der Waals surface area (Å²) in [6, 6.07) is 16.2. The molecule has 0 aliphatic carbocycles. The smallest absolute Gasteiger partial charge is 0.276 e. The Hall–Kier alpha value is -2.60. The number of allylic oxidation sites excluding steroid dienone is 1. The third-order valence-electron chi connectivity index (χ3n) is 4.07. The van der Waals surface area contributed by atoms with Gasteiger partial charge in [0, 0.05) is 0 Å². The molecule has 2 aromatic rings. The van der Waals surface area contributed by atoms with Crippen LogP contribution >= 0.6 is 0 Å². The van der Waals surface area contributed by atoms with Gasteiger partial charge in [0.15, 0.2) is 0 Å². The predicted octanol–water partition coefficient (Wildman–Crippen LogP) is 5.01. The van der Waals surface area contributed by atoms with Gasteiger partial charge in [-0.15, -0.1) is 0 Å². The molecule has 2 rings (SSSR count). The van der Waals surface area contributed by atoms with Gasteiger partial charge in [-0.2, -0.15) is 13.5 Å². The molecule has 0 radical (unpaired) electrons. The molecule has 6 heteroatoms. The van der Waals surface area contributed by atoms with E-state index in [0.717, 1.165) is 36.8 Å². The van der Waals surface area contributed by atoms with Gasteiger partial charge in [-0.05, 0) is 55.2 Å². The van der Waals surface area contributed by atoms with E-state index in [-0.39, 0.29) is 4.90 Å². The third kappa shape index (κ3) is 7.19. The number of hydrogen-bond acceptors (Lipinski definition) is 4. The molecule has 0 unspecified atom stereocenters. The van der Waals surface area contributed by atoms with Crippen LogP contribution in [-0.4, -0.2) is 21.2 Å². The highest BCUT2D eigenvalue weighted by Gasteiger charge is 2.12. The van der Waals surface area contributed by atoms with Crippen molar-refractivity contribution < 1.29 is 13.2 Å². The summed E-state index contributed by atoms with van der Waals surface area (Å²) >= 11 is 0. The van der Waals surface area contributed by atoms with Gasteiger partial charge < -0.3 is 4.74 Å². The van der Waals surface area contributed by atoms with Crippen LogP contribution in [0.2, 0.25) is 0 Å². The third-order valence-corrected chi connectivity index (χ3v) is 5.31. The minimum absolute atomic E-state index is 0.146. The predicted molar refractivity (Wildman–Crippen MR) is 115 cm³/mol. The van der Waals surface area contributed by atoms with Crippen LogP contribution in [0.1, 0.15) is 45.1 Å². The number of rotatable bonds is 11. The first-order chi connectivity index (χ1) is 13.5. The fourth-order valence-corrected chi connectivity index (χ4v) is 3.42. The average Bonchev–Trinajstić information content (AvgIpc) is 2.69. The standard InChI is InChI=1S/C22H28N2O3S/c1-3-5-7-12-20(17-19-10-8-6-9-11-19)18-23-24-28(25,26)22-15-13-21(14-16-22)27-4-2/h6,8-11,13-18,24H,3-5,7,12H2,1-2H3. The van der Waals surface area contributed by atoms with E-state index < -0.39 is 10.0 Å². The van der Waals surface area contributed by atoms with Gasteiger partial charge in [-0.25, -0.2) is 4.83 Å². The Bertz CT molecular complexity index is 874. The Morgan fingerprint density at radius 1 is 1.04 bits per heavy atom. The van der Waals surface area contributed by atoms with Crippen LogP contribution in [0.5, 0.6) is 5.75 Å². The second kappa shape index (κ2) is 11.3. The molecule has 0 spiro atoms. The maximum atomic E-state index is 12.4. The molecule has 5 nitrogen and oxygen atoms in total. The molecule has 0 heterocycles. The molecule has 150 valence electrons. The van der Waals surface area contributed by atoms with E-state index in [1.165, 1.54) is 12.1 Å². The van der Waals surface area contributed by atoms with Crippen LogP contribution in [0.15, 0.2) is 70.2 Å². The lowest BCUT2D eigenvalue weighted by molar-refractivity contribution is 0.340. The lowest BCUT2D eigenvalue weighted by Gasteiger charge is -2.06. The second-order valence-electron chi connectivity index (χ2n) is 6.34. The number of sulfonamides is 1. The van der Waals surface area contributed by atoms with Crippen LogP contribution in [0, 0.1) is 0 Å². The van der Waals surface area contributed by atoms with Crippen molar-refractivity contribution >= 4 is 22.3 Å². The Balaban J connectivity index is 2.09. The van der Waals surface area contributed by atoms with Crippen molar-refractivity contribution in [3.63, 3.8) is 0 Å². The number of unbranched alkanes of at least 4 members (excludes halogenated alkanes) is 2. The summed E-state index contributed by atoms with van der Waals surface area (Å²) < 4.78 is 30.2. The maximum absolute atomic E-state index is 12.4. The number of nitrogens with one attached hydrogen (secondary N) is 1. The number of benzene rings is 2. The molecule has 2 aromatic carbocycles. The van der Waals surface area contributed by atoms with Crippen LogP contribution < -0.4 is 9.57 Å². The summed E-state index contributed by atoms with van der Waals surface area (Å²) in [6.45, 7) is 4.56. The van der Waals surface area contributed by atoms with E-state index >= 15 is 0 Å². The molecule has 0 aliphatic heterocycles. The van der Waals surface area contributed by atoms with Crippen molar-refractivity contribution in [2.75, 3.05) is 6.61 Å². The SMILES string of the molecule is CCCCCC(C=NNS(=O)(=O)c1ccc(OCC)cc1)=Cc1ccccc1. The number of hydrogen-bond donors (Lipinski definition) is 1. The molecule has 0 aromatic heterocycles. The van der Waals surface area contributed by atoms with E-state index in [0.29, 0.717) is 12.4 Å². The zero-order valence-electron chi connectivity index (χ0n) is 16.5. The molecule has 0 atom stereocenters. The molecule has 0 amide bonds. The second-order valence-corrected chi connectivity index (χ2v) is 8.01. The van der Waals surface area contributed by atoms with Crippen molar-refractivity contribution in [3.05, 3.63) is 65.7 Å². The van der Waals surface area contributed by atoms with E-state index in [1.54, 1.807) is 18.3 Å². The largest absolute Gasteiger partial charge is 0.494 e. The van der Waals surface area contributed by atoms with Gasteiger partial charge in [0.1, 0.15) is 5.75 Å². The van der Waals surface area contributed by atoms with Crippen molar-refractivity contribution in [2.24, 2.45) is 5.10 Å². The highest BCUT2D eigenvalue weighted by molar-refractivity contribution is 7.89. The first kappa shape index (κ1) is 21.7. The average molecular weight is 401 g/mol. The summed E-state index contributed by atoms with van der Waals surface area (Å²) in [7, 11) is -3.72. The molecule has 0 bridgehead atoms. The molecular formula is C22H28N2O3S. The molecule has 28 heavy (non-hydrogen) atoms. The normalized spacial score (nSPS) is 12.3. The van der Waals surface area contributed by atoms with Crippen LogP contribution in [0.4, 0.5) is 0 Å². The minimum Gasteiger partial charge on any atom is -0.494 e. The summed E-state index contributed by atoms with van der Waals surface area (Å²) in [5, 5.41) is 3.99. The van der Waals surface area contributed by atoms with Crippen molar-refractivity contribution in [3.8, 4) is 5.75 Å². The summed E-state index contributed by atoms with van der Waals surface area (Å²) in [4.78, 5) is 2.44. The van der Waals surface area contributed by atoms with E-state index in [9.17, 15) is 8.42 Å². The number of ether oxygens (including phenoxy) is 1. The quantitative estimate of drug-likeness (QED) is 0.327. The topological polar surface area (TPSA) is 67.8 Å². The van der Waals surface area contributed by atoms with Gasteiger partial charge in [-0.3, -0.25) is 0 Å². The first-order valence-electron chi connectivity index (χ1n) is 9.58. The molecule has 0 aliphatic rings. The van der Waals surface area contributed by atoms with E-state index in [1.807, 2.05) is 43.3 Å². The fourth-order valence-electron chi connectivity index (χ4n) is 2.63. The molecule has 0 saturated carbocycles. The van der Waals surface area contributed by atoms with E-state index in [4.69, 9.17) is 4.74 Å². The lowest BCUT2D eigenvalue weighted by atomic mass is 10.1. The monoisotopic (exact) mass is 400 g/mol. The lowest BCUT2D eigenvalue weighted by Crippen LogP contribution is -2.18. The molecular weight excluding hydrogens is 372 g/mol. The Kier molecular flexibility index (Phi) is 8.75. The maximum Gasteiger partial charge on any atom is 0.276 e. The van der Waals surface area contributed by atoms with Crippen molar-refractivity contribution in [1.82, 2.24) is 4.83 Å². The van der Waals surface area contributed by atoms with Gasteiger partial charge in [0.2, 0.25) is 0 Å². The van der Waals surface area contributed by atoms with Gasteiger partial charge in [-0.1, -0.05) is 56.2 Å². The molecule has 1 N–H and O–H groups in total. The van der Waals surface area contributed by atoms with E-state index in [2.05, 4.69) is 16.9 Å². The summed E-state index contributed by atoms with van der Waals surface area (Å²) in [6.07, 6.45) is 7.75. The Morgan fingerprint density at radius 2 is 1.75 bits per heavy atom. The van der Waals surface area contributed by atoms with Crippen LogP contribution in [0.3, 0.4) is 0 Å². The van der Waals surface area contributed by atoms with Crippen molar-refractivity contribution in [1.29, 1.82) is 0 Å². The molecule has 0 saturated heterocycles. The highest BCUT2D eigenvalue weighted by atomic mass is 32.2. The molecule has 0 fully saturated rings. The van der Waals surface area contributed by atoms with Crippen molar-refractivity contribution in [2.45, 2.75) is 44.4 Å². The summed E-state index contributed by atoms with van der Waals surface area (Å²) in [5.74, 6) is 0.633. The van der Waals surface area contributed by atoms with Gasteiger partial charge in [0.25, 0.3) is 10.0 Å². The van der Waals surface area contributed by atoms with Crippen LogP contribution in [0.25, 0.3) is 6.08 Å². The zero-order chi connectivity index (χ0) is 20.2. The minimum atomic E-state index is -3.72. The van der Waals surface area contributed by atoms with Gasteiger partial charge in [0.05, 0.1) is 17.7 Å². The summed E-state index contributed by atoms with van der Waals surface area (Å²) in [5.41, 5.74) is 2.05. The van der Waals surface area contributed by atoms with Gasteiger partial charge >= 0.3 is 0 Å². The Morgan fingerprint density at radius 3 is 2.39 bits per heavy atom. The highest BCUT2D eigenvalue weighted by Crippen LogP contribution is 2.16. The fraction of sp³-hybridized carbons (Fsp3) is 0.318. The first-order valence-corrected chi connectivity index (χ1v) is 11.1.